The molecule has 0 amide bonds. The molecule has 0 atom stereocenters. The summed E-state index contributed by atoms with van der Waals surface area (Å²) in [4.78, 5) is 37.1. The fourth-order valence-electron chi connectivity index (χ4n) is 2.50. The Labute approximate surface area is 146 Å². The van der Waals surface area contributed by atoms with Crippen LogP contribution in [0.15, 0.2) is 53.2 Å². The highest BCUT2D eigenvalue weighted by atomic mass is 16.6. The predicted octanol–water partition coefficient (Wildman–Crippen LogP) is 3.16. The fourth-order valence-corrected chi connectivity index (χ4v) is 2.50. The first-order valence-electron chi connectivity index (χ1n) is 7.39. The summed E-state index contributed by atoms with van der Waals surface area (Å²) in [5.74, 6) is -0.870. The van der Waals surface area contributed by atoms with E-state index in [1.807, 2.05) is 0 Å². The molecule has 130 valence electrons. The maximum Gasteiger partial charge on any atom is 0.363 e. The minimum absolute atomic E-state index is 0.0824. The molecule has 1 aliphatic rings. The Hall–Kier alpha value is -3.88. The van der Waals surface area contributed by atoms with E-state index in [0.717, 1.165) is 0 Å². The van der Waals surface area contributed by atoms with Crippen molar-refractivity contribution in [3.63, 3.8) is 0 Å². The van der Waals surface area contributed by atoms with Crippen LogP contribution >= 0.6 is 0 Å². The Morgan fingerprint density at radius 3 is 2.35 bits per heavy atom. The molecule has 0 fully saturated rings. The Balaban J connectivity index is 2.05. The van der Waals surface area contributed by atoms with Crippen LogP contribution in [0.5, 0.6) is 0 Å². The van der Waals surface area contributed by atoms with Crippen LogP contribution in [0.25, 0.3) is 6.08 Å². The van der Waals surface area contributed by atoms with Gasteiger partial charge in [0.15, 0.2) is 5.70 Å². The molecule has 0 spiro atoms. The van der Waals surface area contributed by atoms with Gasteiger partial charge < -0.3 is 4.74 Å². The standard InChI is InChI=1S/C17H11N3O6/c1-10-12(6-4-8-14(10)19(22)23)16-18-13(17(21)26-16)9-11-5-2-3-7-15(11)20(24)25/h2-9H,1H3. The molecule has 0 radical (unpaired) electrons. The molecule has 1 aliphatic heterocycles. The van der Waals surface area contributed by atoms with Gasteiger partial charge in [-0.05, 0) is 25.1 Å². The molecule has 0 aliphatic carbocycles. The molecule has 0 bridgehead atoms. The van der Waals surface area contributed by atoms with Gasteiger partial charge in [0.2, 0.25) is 5.90 Å². The van der Waals surface area contributed by atoms with E-state index in [1.54, 1.807) is 12.1 Å². The number of nitro benzene ring substituents is 2. The van der Waals surface area contributed by atoms with Crippen LogP contribution in [-0.4, -0.2) is 21.7 Å². The van der Waals surface area contributed by atoms with E-state index in [2.05, 4.69) is 4.99 Å². The number of carbonyl (C=O) groups is 1. The minimum atomic E-state index is -0.788. The number of hydrogen-bond acceptors (Lipinski definition) is 7. The summed E-state index contributed by atoms with van der Waals surface area (Å²) in [5.41, 5.74) is 0.375. The Morgan fingerprint density at radius 1 is 1.00 bits per heavy atom. The number of aliphatic imine (C=N–C) groups is 1. The van der Waals surface area contributed by atoms with Gasteiger partial charge in [-0.25, -0.2) is 9.79 Å². The summed E-state index contributed by atoms with van der Waals surface area (Å²) < 4.78 is 5.10. The van der Waals surface area contributed by atoms with E-state index in [-0.39, 0.29) is 28.5 Å². The number of esters is 1. The number of hydrogen-bond donors (Lipinski definition) is 0. The van der Waals surface area contributed by atoms with Crippen molar-refractivity contribution >= 4 is 29.3 Å². The average Bonchev–Trinajstić information content (AvgIpc) is 2.95. The minimum Gasteiger partial charge on any atom is -0.402 e. The summed E-state index contributed by atoms with van der Waals surface area (Å²) in [6.07, 6.45) is 1.25. The number of ether oxygens (including phenoxy) is 1. The number of nitro groups is 2. The molecule has 2 aromatic rings. The number of para-hydroxylation sites is 1. The monoisotopic (exact) mass is 353 g/mol. The summed E-state index contributed by atoms with van der Waals surface area (Å²) in [5, 5.41) is 22.1. The van der Waals surface area contributed by atoms with Gasteiger partial charge in [0.05, 0.1) is 15.4 Å². The van der Waals surface area contributed by atoms with E-state index in [9.17, 15) is 25.0 Å². The van der Waals surface area contributed by atoms with Gasteiger partial charge >= 0.3 is 5.97 Å². The van der Waals surface area contributed by atoms with Crippen molar-refractivity contribution in [2.75, 3.05) is 0 Å². The van der Waals surface area contributed by atoms with Crippen LogP contribution in [0.3, 0.4) is 0 Å². The summed E-state index contributed by atoms with van der Waals surface area (Å²) in [6, 6.07) is 10.2. The summed E-state index contributed by atoms with van der Waals surface area (Å²) in [7, 11) is 0. The second-order valence-corrected chi connectivity index (χ2v) is 5.36. The van der Waals surface area contributed by atoms with Crippen LogP contribution in [0.1, 0.15) is 16.7 Å². The Morgan fingerprint density at radius 2 is 1.65 bits per heavy atom. The first kappa shape index (κ1) is 17.0. The van der Waals surface area contributed by atoms with Crippen molar-refractivity contribution in [1.29, 1.82) is 0 Å². The lowest BCUT2D eigenvalue weighted by Gasteiger charge is -2.04. The smallest absolute Gasteiger partial charge is 0.363 e. The SMILES string of the molecule is Cc1c(C2=NC(=Cc3ccccc3[N+](=O)[O-])C(=O)O2)cccc1[N+](=O)[O-]. The van der Waals surface area contributed by atoms with E-state index < -0.39 is 15.8 Å². The molecule has 2 aromatic carbocycles. The summed E-state index contributed by atoms with van der Waals surface area (Å²) >= 11 is 0. The molecular formula is C17H11N3O6. The number of rotatable bonds is 4. The van der Waals surface area contributed by atoms with E-state index >= 15 is 0 Å². The molecule has 0 unspecified atom stereocenters. The molecule has 26 heavy (non-hydrogen) atoms. The Bertz CT molecular complexity index is 1010. The van der Waals surface area contributed by atoms with Crippen LogP contribution in [0.2, 0.25) is 0 Å². The largest absolute Gasteiger partial charge is 0.402 e. The average molecular weight is 353 g/mol. The van der Waals surface area contributed by atoms with Crippen LogP contribution in [-0.2, 0) is 9.53 Å². The quantitative estimate of drug-likeness (QED) is 0.360. The highest BCUT2D eigenvalue weighted by molar-refractivity contribution is 6.13. The zero-order valence-corrected chi connectivity index (χ0v) is 13.4. The first-order valence-corrected chi connectivity index (χ1v) is 7.39. The highest BCUT2D eigenvalue weighted by Gasteiger charge is 2.28. The van der Waals surface area contributed by atoms with Crippen LogP contribution in [0.4, 0.5) is 11.4 Å². The van der Waals surface area contributed by atoms with Crippen molar-refractivity contribution in [2.24, 2.45) is 4.99 Å². The van der Waals surface area contributed by atoms with Gasteiger partial charge in [-0.15, -0.1) is 0 Å². The third-order valence-electron chi connectivity index (χ3n) is 3.78. The number of carbonyl (C=O) groups excluding carboxylic acids is 1. The predicted molar refractivity (Wildman–Crippen MR) is 91.5 cm³/mol. The number of benzene rings is 2. The van der Waals surface area contributed by atoms with Crippen molar-refractivity contribution in [1.82, 2.24) is 0 Å². The molecule has 0 aromatic heterocycles. The molecule has 0 saturated carbocycles. The van der Waals surface area contributed by atoms with Gasteiger partial charge in [0, 0.05) is 23.3 Å². The molecule has 9 heteroatoms. The first-order chi connectivity index (χ1) is 12.4. The van der Waals surface area contributed by atoms with Gasteiger partial charge in [0.25, 0.3) is 11.4 Å². The van der Waals surface area contributed by atoms with Gasteiger partial charge in [-0.3, -0.25) is 20.2 Å². The maximum absolute atomic E-state index is 12.1. The van der Waals surface area contributed by atoms with Gasteiger partial charge in [0.1, 0.15) is 0 Å². The topological polar surface area (TPSA) is 125 Å². The van der Waals surface area contributed by atoms with E-state index in [4.69, 9.17) is 4.74 Å². The molecule has 0 N–H and O–H groups in total. The third-order valence-corrected chi connectivity index (χ3v) is 3.78. The van der Waals surface area contributed by atoms with Crippen molar-refractivity contribution < 1.29 is 19.4 Å². The van der Waals surface area contributed by atoms with Gasteiger partial charge in [-0.2, -0.15) is 0 Å². The lowest BCUT2D eigenvalue weighted by molar-refractivity contribution is -0.385. The molecule has 9 nitrogen and oxygen atoms in total. The number of nitrogens with zero attached hydrogens (tertiary/aromatic N) is 3. The fraction of sp³-hybridized carbons (Fsp3) is 0.0588. The van der Waals surface area contributed by atoms with Gasteiger partial charge in [-0.1, -0.05) is 18.2 Å². The van der Waals surface area contributed by atoms with Crippen molar-refractivity contribution in [3.8, 4) is 0 Å². The second kappa shape index (κ2) is 6.55. The highest BCUT2D eigenvalue weighted by Crippen LogP contribution is 2.27. The molecule has 0 saturated heterocycles. The van der Waals surface area contributed by atoms with E-state index in [1.165, 1.54) is 43.3 Å². The number of cyclic esters (lactones) is 1. The molecule has 1 heterocycles. The lowest BCUT2D eigenvalue weighted by atomic mass is 10.1. The normalized spacial score (nSPS) is 14.9. The maximum atomic E-state index is 12.1. The van der Waals surface area contributed by atoms with Crippen LogP contribution < -0.4 is 0 Å². The molecular weight excluding hydrogens is 342 g/mol. The zero-order valence-electron chi connectivity index (χ0n) is 13.4. The van der Waals surface area contributed by atoms with Crippen molar-refractivity contribution in [3.05, 3.63) is 85.1 Å². The second-order valence-electron chi connectivity index (χ2n) is 5.36. The molecule has 3 rings (SSSR count). The third kappa shape index (κ3) is 3.05. The zero-order chi connectivity index (χ0) is 18.8. The Kier molecular flexibility index (Phi) is 4.27. The van der Waals surface area contributed by atoms with E-state index in [0.29, 0.717) is 11.1 Å². The lowest BCUT2D eigenvalue weighted by Crippen LogP contribution is -2.08. The van der Waals surface area contributed by atoms with Crippen LogP contribution in [0, 0.1) is 27.2 Å². The van der Waals surface area contributed by atoms with Crippen molar-refractivity contribution in [2.45, 2.75) is 6.92 Å². The summed E-state index contributed by atoms with van der Waals surface area (Å²) in [6.45, 7) is 1.52.